The van der Waals surface area contributed by atoms with Gasteiger partial charge in [-0.15, -0.1) is 5.10 Å². The van der Waals surface area contributed by atoms with Crippen molar-refractivity contribution in [2.24, 2.45) is 0 Å². The Kier molecular flexibility index (Phi) is 5.79. The second-order valence-corrected chi connectivity index (χ2v) is 4.92. The van der Waals surface area contributed by atoms with Gasteiger partial charge in [-0.25, -0.2) is 4.68 Å². The van der Waals surface area contributed by atoms with Gasteiger partial charge >= 0.3 is 29.6 Å². The van der Waals surface area contributed by atoms with Gasteiger partial charge < -0.3 is 5.11 Å². The number of phenolic OH excluding ortho intramolecular Hbond substituents is 1. The molecule has 0 fully saturated rings. The molecule has 0 unspecified atom stereocenters. The van der Waals surface area contributed by atoms with Gasteiger partial charge in [0.2, 0.25) is 0 Å². The van der Waals surface area contributed by atoms with Gasteiger partial charge in [-0.3, -0.25) is 0 Å². The van der Waals surface area contributed by atoms with Crippen LogP contribution in [0.25, 0.3) is 11.0 Å². The summed E-state index contributed by atoms with van der Waals surface area (Å²) in [5, 5.41) is 17.6. The Morgan fingerprint density at radius 3 is 2.52 bits per heavy atom. The first-order chi connectivity index (χ1) is 9.83. The molecular weight excluding hydrogens is 273 g/mol. The maximum atomic E-state index is 9.24. The van der Waals surface area contributed by atoms with Crippen molar-refractivity contribution in [1.29, 1.82) is 0 Å². The number of hydrogen-bond acceptors (Lipinski definition) is 3. The Balaban J connectivity index is 0.00000161. The van der Waals surface area contributed by atoms with E-state index in [2.05, 4.69) is 16.4 Å². The molecule has 0 aliphatic rings. The zero-order valence-corrected chi connectivity index (χ0v) is 11.2. The molecule has 21 heavy (non-hydrogen) atoms. The summed E-state index contributed by atoms with van der Waals surface area (Å²) in [6.45, 7) is 0.887. The van der Waals surface area contributed by atoms with E-state index in [-0.39, 0.29) is 29.6 Å². The summed E-state index contributed by atoms with van der Waals surface area (Å²) >= 11 is 0. The number of phenols is 1. The third kappa shape index (κ3) is 4.06. The molecule has 0 bridgehead atoms. The van der Waals surface area contributed by atoms with Crippen LogP contribution in [0.1, 0.15) is 18.4 Å². The Hall–Kier alpha value is -1.36. The molecule has 3 rings (SSSR count). The van der Waals surface area contributed by atoms with E-state index in [1.54, 1.807) is 12.1 Å². The van der Waals surface area contributed by atoms with Crippen molar-refractivity contribution in [2.45, 2.75) is 25.8 Å². The molecule has 5 heteroatoms. The van der Waals surface area contributed by atoms with Crippen molar-refractivity contribution in [1.82, 2.24) is 15.0 Å². The number of para-hydroxylation sites is 1. The van der Waals surface area contributed by atoms with E-state index in [1.165, 1.54) is 5.56 Å². The maximum absolute atomic E-state index is 9.24. The van der Waals surface area contributed by atoms with Gasteiger partial charge in [0.25, 0.3) is 0 Å². The zero-order valence-electron chi connectivity index (χ0n) is 11.2. The Bertz CT molecular complexity index is 694. The standard InChI is InChI=1S/C16H17N3O.Na.H/c20-14-10-8-13(9-11-14)5-3-4-12-19-16-7-2-1-6-15(16)17-18-19;;/h1-2,6-11,20H,3-5,12H2;;. The number of unbranched alkanes of at least 4 members (excludes halogenated alkanes) is 1. The molecule has 0 aliphatic heterocycles. The average Bonchev–Trinajstić information content (AvgIpc) is 2.89. The SMILES string of the molecule is Oc1ccc(CCCCn2nnc3ccccc32)cc1.[NaH]. The predicted octanol–water partition coefficient (Wildman–Crippen LogP) is 2.51. The minimum atomic E-state index is 0. The molecule has 1 heterocycles. The fraction of sp³-hybridized carbons (Fsp3) is 0.250. The Labute approximate surface area is 146 Å². The summed E-state index contributed by atoms with van der Waals surface area (Å²) in [4.78, 5) is 0. The van der Waals surface area contributed by atoms with Gasteiger partial charge in [0.05, 0.1) is 5.52 Å². The van der Waals surface area contributed by atoms with E-state index in [4.69, 9.17) is 0 Å². The summed E-state index contributed by atoms with van der Waals surface area (Å²) in [5.41, 5.74) is 3.30. The van der Waals surface area contributed by atoms with Gasteiger partial charge in [0.1, 0.15) is 11.3 Å². The van der Waals surface area contributed by atoms with Gasteiger partial charge in [-0.1, -0.05) is 29.5 Å². The molecule has 1 N–H and O–H groups in total. The predicted molar refractivity (Wildman–Crippen MR) is 85.7 cm³/mol. The van der Waals surface area contributed by atoms with Crippen molar-refractivity contribution >= 4 is 40.6 Å². The van der Waals surface area contributed by atoms with Crippen LogP contribution < -0.4 is 0 Å². The number of fused-ring (bicyclic) bond motifs is 1. The van der Waals surface area contributed by atoms with E-state index >= 15 is 0 Å². The summed E-state index contributed by atoms with van der Waals surface area (Å²) in [7, 11) is 0. The van der Waals surface area contributed by atoms with Crippen LogP contribution in [0.4, 0.5) is 0 Å². The van der Waals surface area contributed by atoms with Gasteiger partial charge in [0, 0.05) is 6.54 Å². The van der Waals surface area contributed by atoms with E-state index in [9.17, 15) is 5.11 Å². The van der Waals surface area contributed by atoms with Crippen LogP contribution in [0.3, 0.4) is 0 Å². The third-order valence-electron chi connectivity index (χ3n) is 3.44. The first-order valence-corrected chi connectivity index (χ1v) is 6.89. The molecule has 0 saturated heterocycles. The number of aromatic nitrogens is 3. The van der Waals surface area contributed by atoms with E-state index in [0.29, 0.717) is 5.75 Å². The molecule has 3 aromatic rings. The Morgan fingerprint density at radius 1 is 0.952 bits per heavy atom. The molecule has 1 aromatic heterocycles. The topological polar surface area (TPSA) is 50.9 Å². The van der Waals surface area contributed by atoms with Crippen molar-refractivity contribution in [2.75, 3.05) is 0 Å². The number of nitrogens with zero attached hydrogens (tertiary/aromatic N) is 3. The second kappa shape index (κ2) is 7.59. The molecule has 0 atom stereocenters. The van der Waals surface area contributed by atoms with Crippen LogP contribution in [0, 0.1) is 0 Å². The Morgan fingerprint density at radius 2 is 1.71 bits per heavy atom. The fourth-order valence-electron chi connectivity index (χ4n) is 2.34. The number of hydrogen-bond donors (Lipinski definition) is 1. The van der Waals surface area contributed by atoms with E-state index in [0.717, 1.165) is 36.8 Å². The van der Waals surface area contributed by atoms with Crippen molar-refractivity contribution < 1.29 is 5.11 Å². The number of rotatable bonds is 5. The normalized spacial score (nSPS) is 10.5. The summed E-state index contributed by atoms with van der Waals surface area (Å²) in [6.07, 6.45) is 3.18. The molecule has 0 saturated carbocycles. The summed E-state index contributed by atoms with van der Waals surface area (Å²) in [5.74, 6) is 0.322. The van der Waals surface area contributed by atoms with Crippen LogP contribution >= 0.6 is 0 Å². The molecule has 0 aliphatic carbocycles. The number of aryl methyl sites for hydroxylation is 2. The van der Waals surface area contributed by atoms with Crippen LogP contribution in [0.15, 0.2) is 48.5 Å². The summed E-state index contributed by atoms with van der Waals surface area (Å²) < 4.78 is 1.96. The monoisotopic (exact) mass is 291 g/mol. The van der Waals surface area contributed by atoms with Crippen LogP contribution in [0.2, 0.25) is 0 Å². The van der Waals surface area contributed by atoms with E-state index in [1.807, 2.05) is 35.0 Å². The van der Waals surface area contributed by atoms with E-state index < -0.39 is 0 Å². The fourth-order valence-corrected chi connectivity index (χ4v) is 2.34. The minimum absolute atomic E-state index is 0. The van der Waals surface area contributed by atoms with Gasteiger partial charge in [-0.05, 0) is 49.1 Å². The molecule has 104 valence electrons. The quantitative estimate of drug-likeness (QED) is 0.580. The molecule has 2 aromatic carbocycles. The van der Waals surface area contributed by atoms with Crippen LogP contribution in [0.5, 0.6) is 5.75 Å². The number of aromatic hydroxyl groups is 1. The summed E-state index contributed by atoms with van der Waals surface area (Å²) in [6, 6.07) is 15.4. The van der Waals surface area contributed by atoms with Crippen LogP contribution in [-0.2, 0) is 13.0 Å². The first-order valence-electron chi connectivity index (χ1n) is 6.89. The van der Waals surface area contributed by atoms with Crippen LogP contribution in [-0.4, -0.2) is 49.7 Å². The molecular formula is C16H18N3NaO. The average molecular weight is 291 g/mol. The first kappa shape index (κ1) is 16.0. The molecule has 0 amide bonds. The second-order valence-electron chi connectivity index (χ2n) is 4.92. The van der Waals surface area contributed by atoms with Gasteiger partial charge in [-0.2, -0.15) is 0 Å². The molecule has 4 nitrogen and oxygen atoms in total. The van der Waals surface area contributed by atoms with Crippen molar-refractivity contribution in [3.8, 4) is 5.75 Å². The van der Waals surface area contributed by atoms with Gasteiger partial charge in [0.15, 0.2) is 0 Å². The molecule has 0 spiro atoms. The molecule has 0 radical (unpaired) electrons. The zero-order chi connectivity index (χ0) is 13.8. The van der Waals surface area contributed by atoms with Crippen molar-refractivity contribution in [3.05, 3.63) is 54.1 Å². The van der Waals surface area contributed by atoms with Crippen molar-refractivity contribution in [3.63, 3.8) is 0 Å². The number of benzene rings is 2. The third-order valence-corrected chi connectivity index (χ3v) is 3.44.